The number of ether oxygens (including phenoxy) is 2. The molecule has 0 fully saturated rings. The van der Waals surface area contributed by atoms with Crippen LogP contribution in [0, 0.1) is 0 Å². The predicted octanol–water partition coefficient (Wildman–Crippen LogP) is 4.00. The van der Waals surface area contributed by atoms with E-state index in [1.165, 1.54) is 0 Å². The van der Waals surface area contributed by atoms with Crippen LogP contribution in [0.15, 0.2) is 23.3 Å². The van der Waals surface area contributed by atoms with Gasteiger partial charge in [-0.3, -0.25) is 0 Å². The average Bonchev–Trinajstić information content (AvgIpc) is 2.50. The van der Waals surface area contributed by atoms with Crippen molar-refractivity contribution in [2.24, 2.45) is 0 Å². The molecule has 0 heterocycles. The van der Waals surface area contributed by atoms with Crippen molar-refractivity contribution < 1.29 is 29.0 Å². The summed E-state index contributed by atoms with van der Waals surface area (Å²) < 4.78 is 9.35. The largest absolute Gasteiger partial charge is 0.516 e. The summed E-state index contributed by atoms with van der Waals surface area (Å²) in [6, 6.07) is 0. The Morgan fingerprint density at radius 1 is 0.957 bits per heavy atom. The van der Waals surface area contributed by atoms with E-state index >= 15 is 0 Å². The summed E-state index contributed by atoms with van der Waals surface area (Å²) in [4.78, 5) is 34.2. The van der Waals surface area contributed by atoms with Gasteiger partial charge in [0.1, 0.15) is 0 Å². The SMILES string of the molecule is CCCC=C(CCOC(=O)OC(=O)C(=CCCC)CC)C(=O)O. The van der Waals surface area contributed by atoms with Crippen molar-refractivity contribution in [1.29, 1.82) is 0 Å². The zero-order valence-corrected chi connectivity index (χ0v) is 14.1. The van der Waals surface area contributed by atoms with Crippen LogP contribution in [0.3, 0.4) is 0 Å². The van der Waals surface area contributed by atoms with Crippen LogP contribution in [0.2, 0.25) is 0 Å². The second-order valence-electron chi connectivity index (χ2n) is 4.93. The summed E-state index contributed by atoms with van der Waals surface area (Å²) in [5, 5.41) is 9.00. The van der Waals surface area contributed by atoms with Gasteiger partial charge in [-0.25, -0.2) is 14.4 Å². The predicted molar refractivity (Wildman–Crippen MR) is 86.0 cm³/mol. The van der Waals surface area contributed by atoms with Gasteiger partial charge in [-0.05, 0) is 19.3 Å². The fraction of sp³-hybridized carbons (Fsp3) is 0.588. The Hall–Kier alpha value is -2.11. The number of allylic oxidation sites excluding steroid dienone is 2. The van der Waals surface area contributed by atoms with Crippen LogP contribution >= 0.6 is 0 Å². The maximum Gasteiger partial charge on any atom is 0.516 e. The van der Waals surface area contributed by atoms with Crippen molar-refractivity contribution in [2.75, 3.05) is 6.61 Å². The molecule has 0 aliphatic carbocycles. The van der Waals surface area contributed by atoms with Gasteiger partial charge in [-0.2, -0.15) is 0 Å². The summed E-state index contributed by atoms with van der Waals surface area (Å²) in [6.07, 6.45) is 5.88. The number of carboxylic acid groups (broad SMARTS) is 1. The molecule has 0 aromatic heterocycles. The minimum absolute atomic E-state index is 0.0743. The van der Waals surface area contributed by atoms with E-state index in [-0.39, 0.29) is 18.6 Å². The monoisotopic (exact) mass is 326 g/mol. The normalized spacial score (nSPS) is 12.0. The minimum Gasteiger partial charge on any atom is -0.478 e. The van der Waals surface area contributed by atoms with Gasteiger partial charge in [-0.1, -0.05) is 45.8 Å². The van der Waals surface area contributed by atoms with E-state index in [1.807, 2.05) is 13.8 Å². The molecule has 0 aliphatic heterocycles. The second-order valence-corrected chi connectivity index (χ2v) is 4.93. The number of rotatable bonds is 10. The number of carbonyl (C=O) groups is 3. The molecule has 0 aromatic carbocycles. The van der Waals surface area contributed by atoms with E-state index < -0.39 is 18.1 Å². The molecule has 0 saturated heterocycles. The number of carbonyl (C=O) groups excluding carboxylic acids is 2. The highest BCUT2D eigenvalue weighted by Gasteiger charge is 2.16. The number of unbranched alkanes of at least 4 members (excludes halogenated alkanes) is 2. The van der Waals surface area contributed by atoms with E-state index in [4.69, 9.17) is 9.84 Å². The van der Waals surface area contributed by atoms with Crippen molar-refractivity contribution >= 4 is 18.1 Å². The molecule has 0 spiro atoms. The van der Waals surface area contributed by atoms with Crippen LogP contribution < -0.4 is 0 Å². The second kappa shape index (κ2) is 12.4. The zero-order valence-electron chi connectivity index (χ0n) is 14.1. The Bertz CT molecular complexity index is 462. The number of hydrogen-bond donors (Lipinski definition) is 1. The highest BCUT2D eigenvalue weighted by atomic mass is 16.7. The lowest BCUT2D eigenvalue weighted by molar-refractivity contribution is -0.136. The quantitative estimate of drug-likeness (QED) is 0.371. The maximum atomic E-state index is 11.7. The molecule has 6 nitrogen and oxygen atoms in total. The van der Waals surface area contributed by atoms with Crippen LogP contribution in [0.4, 0.5) is 4.79 Å². The van der Waals surface area contributed by atoms with Crippen molar-refractivity contribution in [3.63, 3.8) is 0 Å². The Balaban J connectivity index is 4.34. The van der Waals surface area contributed by atoms with E-state index in [1.54, 1.807) is 19.1 Å². The van der Waals surface area contributed by atoms with Gasteiger partial charge in [0.25, 0.3) is 0 Å². The summed E-state index contributed by atoms with van der Waals surface area (Å²) in [5.41, 5.74) is 0.612. The van der Waals surface area contributed by atoms with E-state index in [0.717, 1.165) is 19.3 Å². The van der Waals surface area contributed by atoms with Crippen LogP contribution in [0.5, 0.6) is 0 Å². The molecule has 0 radical (unpaired) electrons. The molecule has 23 heavy (non-hydrogen) atoms. The van der Waals surface area contributed by atoms with Crippen molar-refractivity contribution in [2.45, 2.75) is 59.3 Å². The molecule has 0 rings (SSSR count). The molecular weight excluding hydrogens is 300 g/mol. The van der Waals surface area contributed by atoms with Gasteiger partial charge in [0.05, 0.1) is 6.61 Å². The molecule has 0 amide bonds. The van der Waals surface area contributed by atoms with Crippen molar-refractivity contribution in [1.82, 2.24) is 0 Å². The number of hydrogen-bond acceptors (Lipinski definition) is 5. The number of aliphatic carboxylic acids is 1. The van der Waals surface area contributed by atoms with E-state index in [0.29, 0.717) is 18.4 Å². The van der Waals surface area contributed by atoms with Gasteiger partial charge < -0.3 is 14.6 Å². The zero-order chi connectivity index (χ0) is 17.7. The van der Waals surface area contributed by atoms with Crippen LogP contribution in [0.25, 0.3) is 0 Å². The molecule has 0 atom stereocenters. The highest BCUT2D eigenvalue weighted by Crippen LogP contribution is 2.09. The third kappa shape index (κ3) is 9.50. The number of esters is 1. The van der Waals surface area contributed by atoms with Gasteiger partial charge in [0.2, 0.25) is 0 Å². The van der Waals surface area contributed by atoms with Gasteiger partial charge in [-0.15, -0.1) is 0 Å². The first-order valence-electron chi connectivity index (χ1n) is 7.96. The fourth-order valence-electron chi connectivity index (χ4n) is 1.72. The van der Waals surface area contributed by atoms with Crippen molar-refractivity contribution in [3.8, 4) is 0 Å². The molecule has 1 N–H and O–H groups in total. The van der Waals surface area contributed by atoms with Crippen LogP contribution in [-0.2, 0) is 19.1 Å². The average molecular weight is 326 g/mol. The summed E-state index contributed by atoms with van der Waals surface area (Å²) in [7, 11) is 0. The minimum atomic E-state index is -1.11. The Labute approximate surface area is 137 Å². The molecule has 130 valence electrons. The first-order valence-corrected chi connectivity index (χ1v) is 7.96. The Kier molecular flexibility index (Phi) is 11.3. The molecule has 0 aliphatic rings. The summed E-state index contributed by atoms with van der Waals surface area (Å²) in [5.74, 6) is -1.76. The Morgan fingerprint density at radius 3 is 2.00 bits per heavy atom. The maximum absolute atomic E-state index is 11.7. The standard InChI is InChI=1S/C17H26O6/c1-4-7-9-13(6-3)16(20)23-17(21)22-12-11-14(15(18)19)10-8-5-2/h9-10H,4-8,11-12H2,1-3H3,(H,18,19). The van der Waals surface area contributed by atoms with Gasteiger partial charge >= 0.3 is 18.1 Å². The summed E-state index contributed by atoms with van der Waals surface area (Å²) in [6.45, 7) is 5.57. The topological polar surface area (TPSA) is 89.9 Å². The van der Waals surface area contributed by atoms with Crippen LogP contribution in [-0.4, -0.2) is 29.8 Å². The highest BCUT2D eigenvalue weighted by molar-refractivity contribution is 5.94. The molecular formula is C17H26O6. The lowest BCUT2D eigenvalue weighted by atomic mass is 10.1. The van der Waals surface area contributed by atoms with Crippen molar-refractivity contribution in [3.05, 3.63) is 23.3 Å². The third-order valence-corrected chi connectivity index (χ3v) is 3.04. The van der Waals surface area contributed by atoms with E-state index in [9.17, 15) is 14.4 Å². The first kappa shape index (κ1) is 20.9. The Morgan fingerprint density at radius 2 is 1.52 bits per heavy atom. The lowest BCUT2D eigenvalue weighted by Gasteiger charge is -2.07. The van der Waals surface area contributed by atoms with E-state index in [2.05, 4.69) is 4.74 Å². The molecule has 6 heteroatoms. The fourth-order valence-corrected chi connectivity index (χ4v) is 1.72. The van der Waals surface area contributed by atoms with Crippen LogP contribution in [0.1, 0.15) is 59.3 Å². The van der Waals surface area contributed by atoms with Gasteiger partial charge in [0, 0.05) is 17.6 Å². The van der Waals surface area contributed by atoms with Gasteiger partial charge in [0.15, 0.2) is 0 Å². The smallest absolute Gasteiger partial charge is 0.478 e. The third-order valence-electron chi connectivity index (χ3n) is 3.04. The number of carboxylic acids is 1. The lowest BCUT2D eigenvalue weighted by Crippen LogP contribution is -2.16. The molecule has 0 aromatic rings. The molecule has 0 unspecified atom stereocenters. The first-order chi connectivity index (χ1) is 11.0. The molecule has 0 bridgehead atoms. The summed E-state index contributed by atoms with van der Waals surface area (Å²) >= 11 is 0. The molecule has 0 saturated carbocycles.